The molecule has 0 aliphatic carbocycles. The van der Waals surface area contributed by atoms with Gasteiger partial charge in [-0.05, 0) is 18.6 Å². The van der Waals surface area contributed by atoms with E-state index < -0.39 is 44.5 Å². The summed E-state index contributed by atoms with van der Waals surface area (Å²) in [5, 5.41) is 9.05. The molecule has 1 heterocycles. The van der Waals surface area contributed by atoms with Crippen molar-refractivity contribution in [3.8, 4) is 17.5 Å². The molecule has 0 aliphatic heterocycles. The lowest BCUT2D eigenvalue weighted by atomic mass is 10.2. The van der Waals surface area contributed by atoms with Crippen LogP contribution in [0.15, 0.2) is 18.3 Å². The number of hydrogen-bond donors (Lipinski definition) is 1. The molecule has 0 fully saturated rings. The Morgan fingerprint density at radius 3 is 2.43 bits per heavy atom. The number of methoxy groups -OCH3 is 1. The summed E-state index contributed by atoms with van der Waals surface area (Å²) in [7, 11) is -5.04. The van der Waals surface area contributed by atoms with E-state index in [1.165, 1.54) is 0 Å². The second-order valence-electron chi connectivity index (χ2n) is 5.33. The van der Waals surface area contributed by atoms with E-state index in [0.717, 1.165) is 24.8 Å². The van der Waals surface area contributed by atoms with Crippen molar-refractivity contribution < 1.29 is 39.7 Å². The molecular formula is C15H11F4N3O5S. The summed E-state index contributed by atoms with van der Waals surface area (Å²) in [5.41, 5.74) is -1.99. The van der Waals surface area contributed by atoms with Crippen molar-refractivity contribution in [2.75, 3.05) is 12.8 Å². The van der Waals surface area contributed by atoms with Gasteiger partial charge in [0.25, 0.3) is 0 Å². The molecule has 13 heteroatoms. The van der Waals surface area contributed by atoms with Gasteiger partial charge >= 0.3 is 21.6 Å². The third kappa shape index (κ3) is 3.58. The first-order chi connectivity index (χ1) is 12.8. The van der Waals surface area contributed by atoms with Crippen LogP contribution in [0.1, 0.15) is 21.6 Å². The number of carbonyl (C=O) groups excluding carboxylic acids is 1. The second-order valence-corrected chi connectivity index (χ2v) is 6.87. The highest BCUT2D eigenvalue weighted by Crippen LogP contribution is 2.33. The van der Waals surface area contributed by atoms with Crippen molar-refractivity contribution in [2.24, 2.45) is 0 Å². The maximum atomic E-state index is 14.5. The topological polar surface area (TPSA) is 124 Å². The van der Waals surface area contributed by atoms with Crippen LogP contribution in [0.25, 0.3) is 5.69 Å². The van der Waals surface area contributed by atoms with Crippen LogP contribution in [0.3, 0.4) is 0 Å². The molecule has 0 radical (unpaired) electrons. The van der Waals surface area contributed by atoms with Crippen molar-refractivity contribution in [1.82, 2.24) is 4.57 Å². The summed E-state index contributed by atoms with van der Waals surface area (Å²) in [4.78, 5) is 12.0. The third-order valence-corrected chi connectivity index (χ3v) is 4.50. The Bertz CT molecular complexity index is 1100. The number of nitrogen functional groups attached to an aromatic ring is 1. The molecule has 0 unspecified atom stereocenters. The summed E-state index contributed by atoms with van der Waals surface area (Å²) >= 11 is 0. The van der Waals surface area contributed by atoms with Crippen LogP contribution < -0.4 is 9.92 Å². The van der Waals surface area contributed by atoms with Gasteiger partial charge in [-0.25, -0.2) is 9.18 Å². The molecule has 0 saturated carbocycles. The average molecular weight is 421 g/mol. The van der Waals surface area contributed by atoms with Crippen LogP contribution >= 0.6 is 0 Å². The second kappa shape index (κ2) is 7.04. The van der Waals surface area contributed by atoms with Crippen LogP contribution in [0, 0.1) is 24.1 Å². The predicted octanol–water partition coefficient (Wildman–Crippen LogP) is 2.39. The normalized spacial score (nSPS) is 11.8. The molecule has 0 spiro atoms. The predicted molar refractivity (Wildman–Crippen MR) is 86.5 cm³/mol. The number of ether oxygens (including phenoxy) is 1. The average Bonchev–Trinajstić information content (AvgIpc) is 2.91. The quantitative estimate of drug-likeness (QED) is 0.348. The van der Waals surface area contributed by atoms with Gasteiger partial charge in [-0.15, -0.1) is 0 Å². The monoisotopic (exact) mass is 421 g/mol. The van der Waals surface area contributed by atoms with Crippen LogP contribution in [0.2, 0.25) is 0 Å². The smallest absolute Gasteiger partial charge is 0.464 e. The zero-order valence-electron chi connectivity index (χ0n) is 14.2. The molecule has 0 amide bonds. The number of anilines is 1. The van der Waals surface area contributed by atoms with Gasteiger partial charge in [-0.3, -0.25) is 0 Å². The van der Waals surface area contributed by atoms with Gasteiger partial charge in [0, 0.05) is 12.3 Å². The standard InChI is InChI=1S/C15H11F4N3O5S/c1-7-3-9(16)10(4-11(7)27-28(24,25)15(17,18)19)22-6-8(5-20)12(21)13(22)14(23)26-2/h3-4,6H,21H2,1-2H3. The molecule has 0 saturated heterocycles. The minimum atomic E-state index is -6.02. The summed E-state index contributed by atoms with van der Waals surface area (Å²) in [5.74, 6) is -2.96. The van der Waals surface area contributed by atoms with Crippen molar-refractivity contribution >= 4 is 21.8 Å². The molecule has 2 N–H and O–H groups in total. The molecule has 0 aliphatic rings. The van der Waals surface area contributed by atoms with E-state index in [1.807, 2.05) is 0 Å². The van der Waals surface area contributed by atoms with E-state index in [0.29, 0.717) is 12.1 Å². The van der Waals surface area contributed by atoms with Crippen LogP contribution in [0.4, 0.5) is 23.2 Å². The Morgan fingerprint density at radius 2 is 1.93 bits per heavy atom. The van der Waals surface area contributed by atoms with Gasteiger partial charge < -0.3 is 19.2 Å². The van der Waals surface area contributed by atoms with E-state index in [-0.39, 0.29) is 16.8 Å². The van der Waals surface area contributed by atoms with Gasteiger partial charge in [0.05, 0.1) is 24.0 Å². The van der Waals surface area contributed by atoms with Gasteiger partial charge in [0.15, 0.2) is 5.69 Å². The summed E-state index contributed by atoms with van der Waals surface area (Å²) in [6.45, 7) is 1.11. The molecular weight excluding hydrogens is 410 g/mol. The fraction of sp³-hybridized carbons (Fsp3) is 0.200. The third-order valence-electron chi connectivity index (χ3n) is 3.53. The maximum absolute atomic E-state index is 14.5. The number of aryl methyl sites for hydroxylation is 1. The van der Waals surface area contributed by atoms with Gasteiger partial charge in [-0.2, -0.15) is 26.9 Å². The summed E-state index contributed by atoms with van der Waals surface area (Å²) in [6, 6.07) is 2.98. The zero-order valence-corrected chi connectivity index (χ0v) is 15.0. The van der Waals surface area contributed by atoms with Gasteiger partial charge in [0.1, 0.15) is 17.6 Å². The van der Waals surface area contributed by atoms with Crippen molar-refractivity contribution in [3.63, 3.8) is 0 Å². The number of carbonyl (C=O) groups is 1. The number of nitriles is 1. The molecule has 2 rings (SSSR count). The molecule has 0 bridgehead atoms. The Balaban J connectivity index is 2.73. The molecule has 1 aromatic heterocycles. The lowest BCUT2D eigenvalue weighted by Crippen LogP contribution is -2.28. The Labute approximate surface area is 155 Å². The number of rotatable bonds is 4. The molecule has 0 atom stereocenters. The van der Waals surface area contributed by atoms with Crippen molar-refractivity contribution in [3.05, 3.63) is 41.0 Å². The van der Waals surface area contributed by atoms with E-state index in [9.17, 15) is 30.8 Å². The number of aromatic nitrogens is 1. The number of halogens is 4. The number of alkyl halides is 3. The van der Waals surface area contributed by atoms with Gasteiger partial charge in [-0.1, -0.05) is 0 Å². The first kappa shape index (κ1) is 21.0. The van der Waals surface area contributed by atoms with E-state index in [1.54, 1.807) is 6.07 Å². The lowest BCUT2D eigenvalue weighted by molar-refractivity contribution is -0.0500. The molecule has 150 valence electrons. The van der Waals surface area contributed by atoms with Crippen molar-refractivity contribution in [2.45, 2.75) is 12.4 Å². The zero-order chi connectivity index (χ0) is 21.4. The Kier molecular flexibility index (Phi) is 5.29. The number of esters is 1. The summed E-state index contributed by atoms with van der Waals surface area (Å²) < 4.78 is 84.0. The van der Waals surface area contributed by atoms with Crippen LogP contribution in [-0.4, -0.2) is 31.6 Å². The summed E-state index contributed by atoms with van der Waals surface area (Å²) in [6.07, 6.45) is 0.942. The van der Waals surface area contributed by atoms with E-state index in [2.05, 4.69) is 8.92 Å². The Morgan fingerprint density at radius 1 is 1.32 bits per heavy atom. The Hall–Kier alpha value is -3.27. The fourth-order valence-electron chi connectivity index (χ4n) is 2.19. The minimum absolute atomic E-state index is 0.245. The highest BCUT2D eigenvalue weighted by molar-refractivity contribution is 7.88. The maximum Gasteiger partial charge on any atom is 0.534 e. The number of nitrogens with zero attached hydrogens (tertiary/aromatic N) is 2. The molecule has 2 aromatic rings. The largest absolute Gasteiger partial charge is 0.534 e. The van der Waals surface area contributed by atoms with Crippen LogP contribution in [-0.2, 0) is 14.9 Å². The number of hydrogen-bond acceptors (Lipinski definition) is 7. The van der Waals surface area contributed by atoms with E-state index in [4.69, 9.17) is 11.0 Å². The van der Waals surface area contributed by atoms with Gasteiger partial charge in [0.2, 0.25) is 0 Å². The SMILES string of the molecule is COC(=O)c1c(N)c(C#N)cn1-c1cc(OS(=O)(=O)C(F)(F)F)c(C)cc1F. The molecule has 1 aromatic carbocycles. The highest BCUT2D eigenvalue weighted by atomic mass is 32.2. The van der Waals surface area contributed by atoms with Crippen molar-refractivity contribution in [1.29, 1.82) is 5.26 Å². The first-order valence-corrected chi connectivity index (χ1v) is 8.55. The number of benzene rings is 1. The highest BCUT2D eigenvalue weighted by Gasteiger charge is 2.48. The minimum Gasteiger partial charge on any atom is -0.464 e. The van der Waals surface area contributed by atoms with Crippen LogP contribution in [0.5, 0.6) is 5.75 Å². The molecule has 28 heavy (non-hydrogen) atoms. The van der Waals surface area contributed by atoms with E-state index >= 15 is 0 Å². The first-order valence-electron chi connectivity index (χ1n) is 7.14. The molecule has 8 nitrogen and oxygen atoms in total. The lowest BCUT2D eigenvalue weighted by Gasteiger charge is -2.15. The fourth-order valence-corrected chi connectivity index (χ4v) is 2.70. The number of nitrogens with two attached hydrogens (primary N) is 1.